The lowest BCUT2D eigenvalue weighted by atomic mass is 9.95. The van der Waals surface area contributed by atoms with Crippen molar-refractivity contribution in [2.75, 3.05) is 19.8 Å². The Hall–Kier alpha value is -1.08. The fourth-order valence-electron chi connectivity index (χ4n) is 1.72. The highest BCUT2D eigenvalue weighted by Gasteiger charge is 2.31. The van der Waals surface area contributed by atoms with Crippen LogP contribution in [-0.2, 0) is 9.53 Å². The minimum atomic E-state index is -0.523. The van der Waals surface area contributed by atoms with Gasteiger partial charge >= 0.3 is 0 Å². The maximum Gasteiger partial charge on any atom is 0.240 e. The molecular weight excluding hydrogens is 192 g/mol. The summed E-state index contributed by atoms with van der Waals surface area (Å²) in [6, 6.07) is 2.17. The molecule has 1 aliphatic heterocycles. The molecule has 1 unspecified atom stereocenters. The van der Waals surface area contributed by atoms with Crippen LogP contribution < -0.4 is 0 Å². The van der Waals surface area contributed by atoms with Crippen LogP contribution in [0.4, 0.5) is 0 Å². The Bertz CT molecular complexity index is 270. The summed E-state index contributed by atoms with van der Waals surface area (Å²) in [5, 5.41) is 8.96. The minimum Gasteiger partial charge on any atom is -0.377 e. The summed E-state index contributed by atoms with van der Waals surface area (Å²) in [6.07, 6.45) is 0. The predicted octanol–water partition coefficient (Wildman–Crippen LogP) is 1.03. The molecule has 0 N–H and O–H groups in total. The molecule has 0 spiro atoms. The average molecular weight is 210 g/mol. The Morgan fingerprint density at radius 1 is 1.60 bits per heavy atom. The van der Waals surface area contributed by atoms with Gasteiger partial charge in [0, 0.05) is 6.54 Å². The fourth-order valence-corrected chi connectivity index (χ4v) is 1.72. The number of amides is 1. The first-order valence-electron chi connectivity index (χ1n) is 5.35. The SMILES string of the molecule is CC(C)C(C#N)C(=O)N1CCOC[C@H]1C. The second-order valence-electron chi connectivity index (χ2n) is 4.31. The molecule has 1 saturated heterocycles. The molecule has 0 aliphatic carbocycles. The van der Waals surface area contributed by atoms with Gasteiger partial charge < -0.3 is 9.64 Å². The zero-order chi connectivity index (χ0) is 11.4. The van der Waals surface area contributed by atoms with E-state index in [1.807, 2.05) is 20.8 Å². The molecule has 0 bridgehead atoms. The molecular formula is C11H18N2O2. The van der Waals surface area contributed by atoms with Gasteiger partial charge in [0.25, 0.3) is 0 Å². The molecule has 15 heavy (non-hydrogen) atoms. The number of rotatable bonds is 2. The van der Waals surface area contributed by atoms with Gasteiger partial charge in [-0.05, 0) is 12.8 Å². The van der Waals surface area contributed by atoms with E-state index >= 15 is 0 Å². The monoisotopic (exact) mass is 210 g/mol. The Kier molecular flexibility index (Phi) is 4.10. The van der Waals surface area contributed by atoms with E-state index in [0.717, 1.165) is 0 Å². The lowest BCUT2D eigenvalue weighted by molar-refractivity contribution is -0.142. The van der Waals surface area contributed by atoms with E-state index in [9.17, 15) is 4.79 Å². The maximum absolute atomic E-state index is 12.0. The van der Waals surface area contributed by atoms with Crippen molar-refractivity contribution in [1.82, 2.24) is 4.90 Å². The van der Waals surface area contributed by atoms with Crippen LogP contribution >= 0.6 is 0 Å². The molecule has 0 aromatic carbocycles. The van der Waals surface area contributed by atoms with Gasteiger partial charge in [0.05, 0.1) is 25.3 Å². The number of hydrogen-bond donors (Lipinski definition) is 0. The third kappa shape index (κ3) is 2.69. The van der Waals surface area contributed by atoms with E-state index in [4.69, 9.17) is 10.00 Å². The molecule has 0 radical (unpaired) electrons. The molecule has 1 fully saturated rings. The summed E-state index contributed by atoms with van der Waals surface area (Å²) in [6.45, 7) is 7.50. The van der Waals surface area contributed by atoms with Gasteiger partial charge in [-0.25, -0.2) is 0 Å². The highest BCUT2D eigenvalue weighted by atomic mass is 16.5. The molecule has 1 rings (SSSR count). The predicted molar refractivity (Wildman–Crippen MR) is 55.9 cm³/mol. The zero-order valence-corrected chi connectivity index (χ0v) is 9.56. The number of hydrogen-bond acceptors (Lipinski definition) is 3. The van der Waals surface area contributed by atoms with Crippen molar-refractivity contribution >= 4 is 5.91 Å². The van der Waals surface area contributed by atoms with Crippen molar-refractivity contribution in [2.45, 2.75) is 26.8 Å². The van der Waals surface area contributed by atoms with E-state index in [0.29, 0.717) is 19.8 Å². The topological polar surface area (TPSA) is 53.3 Å². The summed E-state index contributed by atoms with van der Waals surface area (Å²) in [5.74, 6) is -0.508. The number of ether oxygens (including phenoxy) is 1. The fraction of sp³-hybridized carbons (Fsp3) is 0.818. The van der Waals surface area contributed by atoms with Crippen molar-refractivity contribution in [3.8, 4) is 6.07 Å². The summed E-state index contributed by atoms with van der Waals surface area (Å²) < 4.78 is 5.26. The number of nitriles is 1. The number of carbonyl (C=O) groups excluding carboxylic acids is 1. The molecule has 1 amide bonds. The second kappa shape index (κ2) is 5.13. The average Bonchev–Trinajstić information content (AvgIpc) is 2.18. The van der Waals surface area contributed by atoms with Crippen LogP contribution in [0.1, 0.15) is 20.8 Å². The lowest BCUT2D eigenvalue weighted by Gasteiger charge is -2.35. The van der Waals surface area contributed by atoms with Gasteiger partial charge in [0.2, 0.25) is 5.91 Å². The van der Waals surface area contributed by atoms with E-state index in [1.54, 1.807) is 4.90 Å². The van der Waals surface area contributed by atoms with Crippen molar-refractivity contribution < 1.29 is 9.53 Å². The molecule has 0 aromatic rings. The first kappa shape index (κ1) is 12.0. The minimum absolute atomic E-state index is 0.0525. The van der Waals surface area contributed by atoms with Crippen molar-refractivity contribution in [1.29, 1.82) is 5.26 Å². The standard InChI is InChI=1S/C11H18N2O2/c1-8(2)10(6-12)11(14)13-4-5-15-7-9(13)3/h8-10H,4-5,7H2,1-3H3/t9-,10?/m1/s1. The molecule has 2 atom stereocenters. The molecule has 1 aliphatic rings. The van der Waals surface area contributed by atoms with Crippen molar-refractivity contribution in [2.24, 2.45) is 11.8 Å². The molecule has 84 valence electrons. The smallest absolute Gasteiger partial charge is 0.240 e. The first-order valence-corrected chi connectivity index (χ1v) is 5.35. The van der Waals surface area contributed by atoms with Crippen LogP contribution in [0.2, 0.25) is 0 Å². The van der Waals surface area contributed by atoms with Gasteiger partial charge in [-0.1, -0.05) is 13.8 Å². The highest BCUT2D eigenvalue weighted by molar-refractivity contribution is 5.81. The molecule has 4 heteroatoms. The summed E-state index contributed by atoms with van der Waals surface area (Å²) in [7, 11) is 0. The van der Waals surface area contributed by atoms with E-state index in [2.05, 4.69) is 6.07 Å². The normalized spacial score (nSPS) is 23.7. The zero-order valence-electron chi connectivity index (χ0n) is 9.56. The van der Waals surface area contributed by atoms with Crippen LogP contribution in [0.25, 0.3) is 0 Å². The Balaban J connectivity index is 2.69. The van der Waals surface area contributed by atoms with E-state index < -0.39 is 5.92 Å². The van der Waals surface area contributed by atoms with Gasteiger partial charge in [0.1, 0.15) is 5.92 Å². The number of nitrogens with zero attached hydrogens (tertiary/aromatic N) is 2. The molecule has 0 aromatic heterocycles. The first-order chi connectivity index (χ1) is 7.07. The second-order valence-corrected chi connectivity index (χ2v) is 4.31. The third-order valence-corrected chi connectivity index (χ3v) is 2.72. The Labute approximate surface area is 90.8 Å². The Morgan fingerprint density at radius 2 is 2.27 bits per heavy atom. The molecule has 1 heterocycles. The summed E-state index contributed by atoms with van der Waals surface area (Å²) in [4.78, 5) is 13.8. The van der Waals surface area contributed by atoms with Crippen LogP contribution in [0, 0.1) is 23.2 Å². The highest BCUT2D eigenvalue weighted by Crippen LogP contribution is 2.17. The van der Waals surface area contributed by atoms with Crippen molar-refractivity contribution in [3.05, 3.63) is 0 Å². The van der Waals surface area contributed by atoms with Gasteiger partial charge in [-0.15, -0.1) is 0 Å². The summed E-state index contributed by atoms with van der Waals surface area (Å²) in [5.41, 5.74) is 0. The van der Waals surface area contributed by atoms with Gasteiger partial charge in [-0.3, -0.25) is 4.79 Å². The Morgan fingerprint density at radius 3 is 2.73 bits per heavy atom. The van der Waals surface area contributed by atoms with Crippen LogP contribution in [0.3, 0.4) is 0 Å². The maximum atomic E-state index is 12.0. The van der Waals surface area contributed by atoms with Gasteiger partial charge in [-0.2, -0.15) is 5.26 Å². The van der Waals surface area contributed by atoms with Crippen LogP contribution in [0.5, 0.6) is 0 Å². The van der Waals surface area contributed by atoms with Crippen molar-refractivity contribution in [3.63, 3.8) is 0 Å². The lowest BCUT2D eigenvalue weighted by Crippen LogP contribution is -2.49. The summed E-state index contributed by atoms with van der Waals surface area (Å²) >= 11 is 0. The third-order valence-electron chi connectivity index (χ3n) is 2.72. The molecule has 0 saturated carbocycles. The quantitative estimate of drug-likeness (QED) is 0.684. The largest absolute Gasteiger partial charge is 0.377 e. The molecule has 4 nitrogen and oxygen atoms in total. The number of morpholine rings is 1. The van der Waals surface area contributed by atoms with E-state index in [1.165, 1.54) is 0 Å². The van der Waals surface area contributed by atoms with Gasteiger partial charge in [0.15, 0.2) is 0 Å². The number of carbonyl (C=O) groups is 1. The van der Waals surface area contributed by atoms with E-state index in [-0.39, 0.29) is 17.9 Å². The van der Waals surface area contributed by atoms with Crippen LogP contribution in [0.15, 0.2) is 0 Å². The van der Waals surface area contributed by atoms with Crippen LogP contribution in [-0.4, -0.2) is 36.6 Å².